The summed E-state index contributed by atoms with van der Waals surface area (Å²) >= 11 is 1.61. The minimum atomic E-state index is -3.46. The molecule has 1 amide bonds. The number of nitrogens with zero attached hydrogens (tertiary/aromatic N) is 2. The Balaban J connectivity index is 1.36. The molecule has 2 fully saturated rings. The molecule has 1 aliphatic carbocycles. The van der Waals surface area contributed by atoms with E-state index in [0.717, 1.165) is 47.5 Å². The van der Waals surface area contributed by atoms with Crippen LogP contribution in [0.15, 0.2) is 28.5 Å². The molecular weight excluding hydrogens is 406 g/mol. The van der Waals surface area contributed by atoms with E-state index in [9.17, 15) is 13.2 Å². The summed E-state index contributed by atoms with van der Waals surface area (Å²) in [6, 6.07) is 5.48. The van der Waals surface area contributed by atoms with Crippen LogP contribution in [0, 0.1) is 19.8 Å². The third-order valence-electron chi connectivity index (χ3n) is 5.60. The summed E-state index contributed by atoms with van der Waals surface area (Å²) in [5.41, 5.74) is 2.81. The average Bonchev–Trinajstić information content (AvgIpc) is 3.43. The van der Waals surface area contributed by atoms with E-state index >= 15 is 0 Å². The highest BCUT2D eigenvalue weighted by Crippen LogP contribution is 2.33. The molecule has 1 aliphatic heterocycles. The van der Waals surface area contributed by atoms with Crippen LogP contribution in [0.5, 0.6) is 0 Å². The minimum Gasteiger partial charge on any atom is -0.350 e. The number of sulfonamides is 1. The number of carbonyl (C=O) groups is 1. The fraction of sp³-hybridized carbons (Fsp3) is 0.524. The maximum Gasteiger partial charge on any atom is 0.243 e. The molecule has 2 aromatic rings. The van der Waals surface area contributed by atoms with Crippen molar-refractivity contribution in [2.45, 2.75) is 56.9 Å². The Bertz CT molecular complexity index is 984. The Labute approximate surface area is 176 Å². The summed E-state index contributed by atoms with van der Waals surface area (Å²) in [5, 5.41) is 6.00. The summed E-state index contributed by atoms with van der Waals surface area (Å²) in [4.78, 5) is 16.9. The topological polar surface area (TPSA) is 79.4 Å². The van der Waals surface area contributed by atoms with Gasteiger partial charge in [-0.2, -0.15) is 4.31 Å². The number of hydrogen-bond donors (Lipinski definition) is 1. The van der Waals surface area contributed by atoms with E-state index < -0.39 is 10.0 Å². The Morgan fingerprint density at radius 2 is 1.79 bits per heavy atom. The lowest BCUT2D eigenvalue weighted by molar-refractivity contribution is -0.122. The van der Waals surface area contributed by atoms with Gasteiger partial charge in [-0.1, -0.05) is 6.07 Å². The van der Waals surface area contributed by atoms with Crippen molar-refractivity contribution in [3.63, 3.8) is 0 Å². The minimum absolute atomic E-state index is 0.129. The maximum absolute atomic E-state index is 13.0. The van der Waals surface area contributed by atoms with Gasteiger partial charge in [0.25, 0.3) is 0 Å². The van der Waals surface area contributed by atoms with Crippen LogP contribution in [0.2, 0.25) is 0 Å². The van der Waals surface area contributed by atoms with Crippen molar-refractivity contribution in [2.75, 3.05) is 13.1 Å². The Morgan fingerprint density at radius 1 is 1.14 bits per heavy atom. The first kappa shape index (κ1) is 20.5. The largest absolute Gasteiger partial charge is 0.350 e. The van der Waals surface area contributed by atoms with Crippen molar-refractivity contribution in [1.29, 1.82) is 0 Å². The molecule has 1 saturated carbocycles. The quantitative estimate of drug-likeness (QED) is 0.758. The SMILES string of the molecule is Cc1cc(C)cc(S(=O)(=O)N2CCC(c3nc(CNC(=O)C4CC4)cs3)CC2)c1. The highest BCUT2D eigenvalue weighted by molar-refractivity contribution is 7.89. The van der Waals surface area contributed by atoms with Gasteiger partial charge in [0, 0.05) is 30.3 Å². The zero-order valence-corrected chi connectivity index (χ0v) is 18.5. The second-order valence-electron chi connectivity index (χ2n) is 8.17. The number of hydrogen-bond acceptors (Lipinski definition) is 5. The molecular formula is C21H27N3O3S2. The molecule has 0 unspecified atom stereocenters. The first-order valence-electron chi connectivity index (χ1n) is 10.1. The molecule has 0 spiro atoms. The van der Waals surface area contributed by atoms with Crippen LogP contribution < -0.4 is 5.32 Å². The van der Waals surface area contributed by atoms with E-state index in [4.69, 9.17) is 4.98 Å². The van der Waals surface area contributed by atoms with Gasteiger partial charge >= 0.3 is 0 Å². The van der Waals surface area contributed by atoms with Gasteiger partial charge in [-0.25, -0.2) is 13.4 Å². The highest BCUT2D eigenvalue weighted by atomic mass is 32.2. The van der Waals surface area contributed by atoms with Crippen LogP contribution in [-0.4, -0.2) is 36.7 Å². The molecule has 6 nitrogen and oxygen atoms in total. The van der Waals surface area contributed by atoms with Crippen LogP contribution >= 0.6 is 11.3 Å². The lowest BCUT2D eigenvalue weighted by Crippen LogP contribution is -2.38. The van der Waals surface area contributed by atoms with E-state index in [1.807, 2.05) is 25.3 Å². The van der Waals surface area contributed by atoms with E-state index in [1.165, 1.54) is 0 Å². The van der Waals surface area contributed by atoms with Crippen LogP contribution in [0.4, 0.5) is 0 Å². The summed E-state index contributed by atoms with van der Waals surface area (Å²) in [6.45, 7) is 5.34. The number of thiazole rings is 1. The fourth-order valence-electron chi connectivity index (χ4n) is 3.83. The number of nitrogens with one attached hydrogen (secondary N) is 1. The fourth-order valence-corrected chi connectivity index (χ4v) is 6.48. The zero-order valence-electron chi connectivity index (χ0n) is 16.8. The van der Waals surface area contributed by atoms with Crippen LogP contribution in [-0.2, 0) is 21.4 Å². The molecule has 2 heterocycles. The molecule has 0 atom stereocenters. The van der Waals surface area contributed by atoms with Gasteiger partial charge < -0.3 is 5.32 Å². The second kappa shape index (κ2) is 8.16. The molecule has 1 N–H and O–H groups in total. The number of piperidine rings is 1. The standard InChI is InChI=1S/C21H27N3O3S2/c1-14-9-15(2)11-19(10-14)29(26,27)24-7-5-17(6-8-24)21-23-18(13-28-21)12-22-20(25)16-3-4-16/h9-11,13,16-17H,3-8,12H2,1-2H3,(H,22,25). The van der Waals surface area contributed by atoms with Gasteiger partial charge in [0.15, 0.2) is 0 Å². The molecule has 1 aromatic heterocycles. The first-order valence-corrected chi connectivity index (χ1v) is 12.5. The van der Waals surface area contributed by atoms with Crippen molar-refractivity contribution in [1.82, 2.24) is 14.6 Å². The zero-order chi connectivity index (χ0) is 20.6. The molecule has 29 heavy (non-hydrogen) atoms. The van der Waals surface area contributed by atoms with Gasteiger partial charge in [0.1, 0.15) is 0 Å². The number of carbonyl (C=O) groups excluding carboxylic acids is 1. The Hall–Kier alpha value is -1.77. The number of amides is 1. The normalized spacial score (nSPS) is 18.7. The van der Waals surface area contributed by atoms with Gasteiger partial charge in [0.05, 0.1) is 22.1 Å². The molecule has 2 aliphatic rings. The van der Waals surface area contributed by atoms with Crippen molar-refractivity contribution in [3.05, 3.63) is 45.4 Å². The van der Waals surface area contributed by atoms with Gasteiger partial charge in [-0.3, -0.25) is 4.79 Å². The highest BCUT2D eigenvalue weighted by Gasteiger charge is 2.32. The molecule has 8 heteroatoms. The molecule has 1 saturated heterocycles. The predicted octanol–water partition coefficient (Wildman–Crippen LogP) is 3.35. The second-order valence-corrected chi connectivity index (χ2v) is 11.0. The number of benzene rings is 1. The third kappa shape index (κ3) is 4.70. The van der Waals surface area contributed by atoms with E-state index in [1.54, 1.807) is 27.8 Å². The van der Waals surface area contributed by atoms with Gasteiger partial charge in [-0.15, -0.1) is 11.3 Å². The molecule has 4 rings (SSSR count). The van der Waals surface area contributed by atoms with Crippen molar-refractivity contribution >= 4 is 27.3 Å². The van der Waals surface area contributed by atoms with E-state index in [2.05, 4.69) is 5.32 Å². The smallest absolute Gasteiger partial charge is 0.243 e. The Kier molecular flexibility index (Phi) is 5.77. The molecule has 0 bridgehead atoms. The summed E-state index contributed by atoms with van der Waals surface area (Å²) in [5.74, 6) is 0.611. The predicted molar refractivity (Wildman–Crippen MR) is 113 cm³/mol. The average molecular weight is 434 g/mol. The lowest BCUT2D eigenvalue weighted by Gasteiger charge is -2.30. The van der Waals surface area contributed by atoms with E-state index in [-0.39, 0.29) is 17.7 Å². The molecule has 0 radical (unpaired) electrons. The lowest BCUT2D eigenvalue weighted by atomic mass is 9.99. The van der Waals surface area contributed by atoms with Crippen LogP contribution in [0.25, 0.3) is 0 Å². The van der Waals surface area contributed by atoms with Crippen LogP contribution in [0.1, 0.15) is 53.4 Å². The van der Waals surface area contributed by atoms with Gasteiger partial charge in [0.2, 0.25) is 15.9 Å². The third-order valence-corrected chi connectivity index (χ3v) is 8.53. The monoisotopic (exact) mass is 433 g/mol. The Morgan fingerprint density at radius 3 is 2.41 bits per heavy atom. The van der Waals surface area contributed by atoms with Crippen molar-refractivity contribution < 1.29 is 13.2 Å². The molecule has 1 aromatic carbocycles. The summed E-state index contributed by atoms with van der Waals surface area (Å²) in [7, 11) is -3.46. The maximum atomic E-state index is 13.0. The summed E-state index contributed by atoms with van der Waals surface area (Å²) in [6.07, 6.45) is 3.53. The van der Waals surface area contributed by atoms with Crippen molar-refractivity contribution in [2.24, 2.45) is 5.92 Å². The van der Waals surface area contributed by atoms with E-state index in [0.29, 0.717) is 24.5 Å². The first-order chi connectivity index (χ1) is 13.8. The summed E-state index contributed by atoms with van der Waals surface area (Å²) < 4.78 is 27.6. The number of aromatic nitrogens is 1. The van der Waals surface area contributed by atoms with Gasteiger partial charge in [-0.05, 0) is 62.8 Å². The van der Waals surface area contributed by atoms with Crippen molar-refractivity contribution in [3.8, 4) is 0 Å². The number of rotatable bonds is 6. The van der Waals surface area contributed by atoms with Crippen LogP contribution in [0.3, 0.4) is 0 Å². The molecule has 156 valence electrons. The number of aryl methyl sites for hydroxylation is 2.